The molecule has 4 heteroatoms. The van der Waals surface area contributed by atoms with Crippen molar-refractivity contribution in [2.75, 3.05) is 27.2 Å². The number of carbonyl (C=O) groups excluding carboxylic acids is 1. The van der Waals surface area contributed by atoms with Gasteiger partial charge in [-0.3, -0.25) is 4.79 Å². The first-order chi connectivity index (χ1) is 8.60. The third-order valence-corrected chi connectivity index (χ3v) is 2.77. The molecule has 18 heavy (non-hydrogen) atoms. The lowest BCUT2D eigenvalue weighted by Gasteiger charge is -2.20. The minimum absolute atomic E-state index is 0.0779. The SMILES string of the molecule is CCOc1cccc(C(CCN)C(=O)N(C)C)c1. The van der Waals surface area contributed by atoms with Crippen LogP contribution in [0.3, 0.4) is 0 Å². The lowest BCUT2D eigenvalue weighted by Crippen LogP contribution is -2.29. The van der Waals surface area contributed by atoms with E-state index in [0.29, 0.717) is 19.6 Å². The number of nitrogens with zero attached hydrogens (tertiary/aromatic N) is 1. The first-order valence-electron chi connectivity index (χ1n) is 6.24. The van der Waals surface area contributed by atoms with E-state index in [-0.39, 0.29) is 11.8 Å². The number of hydrogen-bond donors (Lipinski definition) is 1. The summed E-state index contributed by atoms with van der Waals surface area (Å²) in [5, 5.41) is 0. The second-order valence-corrected chi connectivity index (χ2v) is 4.37. The van der Waals surface area contributed by atoms with E-state index in [9.17, 15) is 4.79 Å². The van der Waals surface area contributed by atoms with Crippen LogP contribution in [0, 0.1) is 0 Å². The Kier molecular flexibility index (Phi) is 5.65. The molecule has 0 spiro atoms. The fourth-order valence-corrected chi connectivity index (χ4v) is 1.90. The quantitative estimate of drug-likeness (QED) is 0.834. The molecule has 1 aromatic carbocycles. The molecule has 0 aliphatic heterocycles. The summed E-state index contributed by atoms with van der Waals surface area (Å²) in [6.07, 6.45) is 0.645. The number of carbonyl (C=O) groups is 1. The topological polar surface area (TPSA) is 55.6 Å². The second-order valence-electron chi connectivity index (χ2n) is 4.37. The number of amides is 1. The predicted molar refractivity (Wildman–Crippen MR) is 72.7 cm³/mol. The molecule has 2 N–H and O–H groups in total. The fraction of sp³-hybridized carbons (Fsp3) is 0.500. The van der Waals surface area contributed by atoms with Gasteiger partial charge in [-0.05, 0) is 37.6 Å². The second kappa shape index (κ2) is 7.01. The summed E-state index contributed by atoms with van der Waals surface area (Å²) in [6.45, 7) is 3.05. The molecule has 1 rings (SSSR count). The van der Waals surface area contributed by atoms with Crippen LogP contribution in [0.4, 0.5) is 0 Å². The molecule has 0 aliphatic rings. The standard InChI is InChI=1S/C14H22N2O2/c1-4-18-12-7-5-6-11(10-12)13(8-9-15)14(17)16(2)3/h5-7,10,13H,4,8-9,15H2,1-3H3. The van der Waals surface area contributed by atoms with Gasteiger partial charge < -0.3 is 15.4 Å². The van der Waals surface area contributed by atoms with Gasteiger partial charge in [0.2, 0.25) is 5.91 Å². The van der Waals surface area contributed by atoms with Crippen LogP contribution in [-0.2, 0) is 4.79 Å². The van der Waals surface area contributed by atoms with Crippen molar-refractivity contribution in [2.45, 2.75) is 19.3 Å². The number of likely N-dealkylation sites (N-methyl/N-ethyl adjacent to an activating group) is 1. The van der Waals surface area contributed by atoms with E-state index in [4.69, 9.17) is 10.5 Å². The monoisotopic (exact) mass is 250 g/mol. The van der Waals surface area contributed by atoms with Crippen LogP contribution in [0.1, 0.15) is 24.8 Å². The Morgan fingerprint density at radius 3 is 2.72 bits per heavy atom. The lowest BCUT2D eigenvalue weighted by atomic mass is 9.94. The molecule has 0 saturated carbocycles. The first kappa shape index (κ1) is 14.5. The summed E-state index contributed by atoms with van der Waals surface area (Å²) in [6, 6.07) is 7.68. The van der Waals surface area contributed by atoms with Crippen molar-refractivity contribution in [3.05, 3.63) is 29.8 Å². The molecule has 0 radical (unpaired) electrons. The summed E-state index contributed by atoms with van der Waals surface area (Å²) >= 11 is 0. The highest BCUT2D eigenvalue weighted by Gasteiger charge is 2.21. The van der Waals surface area contributed by atoms with Crippen molar-refractivity contribution < 1.29 is 9.53 Å². The zero-order valence-corrected chi connectivity index (χ0v) is 11.3. The number of hydrogen-bond acceptors (Lipinski definition) is 3. The minimum atomic E-state index is -0.189. The van der Waals surface area contributed by atoms with Crippen molar-refractivity contribution in [3.63, 3.8) is 0 Å². The van der Waals surface area contributed by atoms with Crippen LogP contribution >= 0.6 is 0 Å². The summed E-state index contributed by atoms with van der Waals surface area (Å²) in [4.78, 5) is 13.7. The van der Waals surface area contributed by atoms with Gasteiger partial charge in [-0.1, -0.05) is 12.1 Å². The molecule has 0 aliphatic carbocycles. The third kappa shape index (κ3) is 3.74. The van der Waals surface area contributed by atoms with E-state index in [0.717, 1.165) is 11.3 Å². The summed E-state index contributed by atoms with van der Waals surface area (Å²) in [5.74, 6) is 0.683. The average Bonchev–Trinajstić information content (AvgIpc) is 2.36. The van der Waals surface area contributed by atoms with Gasteiger partial charge in [0.05, 0.1) is 12.5 Å². The molecule has 4 nitrogen and oxygen atoms in total. The van der Waals surface area contributed by atoms with Gasteiger partial charge in [0.15, 0.2) is 0 Å². The summed E-state index contributed by atoms with van der Waals surface area (Å²) in [5.41, 5.74) is 6.56. The highest BCUT2D eigenvalue weighted by Crippen LogP contribution is 2.25. The van der Waals surface area contributed by atoms with Crippen molar-refractivity contribution in [1.29, 1.82) is 0 Å². The highest BCUT2D eigenvalue weighted by molar-refractivity contribution is 5.83. The fourth-order valence-electron chi connectivity index (χ4n) is 1.90. The van der Waals surface area contributed by atoms with E-state index in [1.165, 1.54) is 0 Å². The largest absolute Gasteiger partial charge is 0.494 e. The van der Waals surface area contributed by atoms with Crippen LogP contribution < -0.4 is 10.5 Å². The Labute approximate surface area is 109 Å². The predicted octanol–water partition coefficient (Wildman–Crippen LogP) is 1.61. The van der Waals surface area contributed by atoms with E-state index in [1.54, 1.807) is 19.0 Å². The molecule has 0 aromatic heterocycles. The number of benzene rings is 1. The molecule has 1 unspecified atom stereocenters. The van der Waals surface area contributed by atoms with Gasteiger partial charge in [-0.25, -0.2) is 0 Å². The number of rotatable bonds is 6. The van der Waals surface area contributed by atoms with Gasteiger partial charge in [-0.15, -0.1) is 0 Å². The average molecular weight is 250 g/mol. The van der Waals surface area contributed by atoms with Gasteiger partial charge in [0.1, 0.15) is 5.75 Å². The summed E-state index contributed by atoms with van der Waals surface area (Å²) < 4.78 is 5.46. The third-order valence-electron chi connectivity index (χ3n) is 2.77. The van der Waals surface area contributed by atoms with Gasteiger partial charge in [-0.2, -0.15) is 0 Å². The van der Waals surface area contributed by atoms with Crippen LogP contribution in [0.15, 0.2) is 24.3 Å². The normalized spacial score (nSPS) is 12.0. The Hall–Kier alpha value is -1.55. The van der Waals surface area contributed by atoms with Crippen LogP contribution in [-0.4, -0.2) is 38.1 Å². The zero-order chi connectivity index (χ0) is 13.5. The maximum absolute atomic E-state index is 12.1. The molecule has 0 fully saturated rings. The molecule has 1 amide bonds. The highest BCUT2D eigenvalue weighted by atomic mass is 16.5. The van der Waals surface area contributed by atoms with Crippen LogP contribution in [0.25, 0.3) is 0 Å². The molecule has 0 saturated heterocycles. The Bertz CT molecular complexity index is 391. The summed E-state index contributed by atoms with van der Waals surface area (Å²) in [7, 11) is 3.52. The molecule has 100 valence electrons. The molecule has 1 aromatic rings. The van der Waals surface area contributed by atoms with Gasteiger partial charge in [0, 0.05) is 14.1 Å². The molecular weight excluding hydrogens is 228 g/mol. The van der Waals surface area contributed by atoms with E-state index < -0.39 is 0 Å². The van der Waals surface area contributed by atoms with E-state index in [2.05, 4.69) is 0 Å². The van der Waals surface area contributed by atoms with Crippen molar-refractivity contribution in [2.24, 2.45) is 5.73 Å². The Balaban J connectivity index is 2.97. The maximum Gasteiger partial charge on any atom is 0.229 e. The molecular formula is C14H22N2O2. The number of nitrogens with two attached hydrogens (primary N) is 1. The number of ether oxygens (including phenoxy) is 1. The van der Waals surface area contributed by atoms with Crippen molar-refractivity contribution >= 4 is 5.91 Å². The van der Waals surface area contributed by atoms with E-state index >= 15 is 0 Å². The maximum atomic E-state index is 12.1. The molecule has 0 bridgehead atoms. The molecule has 0 heterocycles. The van der Waals surface area contributed by atoms with Crippen LogP contribution in [0.5, 0.6) is 5.75 Å². The van der Waals surface area contributed by atoms with Gasteiger partial charge >= 0.3 is 0 Å². The van der Waals surface area contributed by atoms with Gasteiger partial charge in [0.25, 0.3) is 0 Å². The Morgan fingerprint density at radius 1 is 1.44 bits per heavy atom. The first-order valence-corrected chi connectivity index (χ1v) is 6.24. The van der Waals surface area contributed by atoms with Crippen LogP contribution in [0.2, 0.25) is 0 Å². The minimum Gasteiger partial charge on any atom is -0.494 e. The van der Waals surface area contributed by atoms with Crippen molar-refractivity contribution in [1.82, 2.24) is 4.90 Å². The van der Waals surface area contributed by atoms with E-state index in [1.807, 2.05) is 31.2 Å². The smallest absolute Gasteiger partial charge is 0.229 e. The lowest BCUT2D eigenvalue weighted by molar-refractivity contribution is -0.130. The zero-order valence-electron chi connectivity index (χ0n) is 11.3. The Morgan fingerprint density at radius 2 is 2.17 bits per heavy atom. The molecule has 1 atom stereocenters. The van der Waals surface area contributed by atoms with Crippen molar-refractivity contribution in [3.8, 4) is 5.75 Å².